The molecule has 3 rings (SSSR count). The van der Waals surface area contributed by atoms with Crippen molar-refractivity contribution in [3.8, 4) is 11.4 Å². The van der Waals surface area contributed by atoms with E-state index in [0.717, 1.165) is 18.5 Å². The van der Waals surface area contributed by atoms with Crippen LogP contribution in [0.5, 0.6) is 5.75 Å². The van der Waals surface area contributed by atoms with Crippen LogP contribution in [0.2, 0.25) is 0 Å². The number of aromatic nitrogens is 4. The topological polar surface area (TPSA) is 81.9 Å². The van der Waals surface area contributed by atoms with Gasteiger partial charge in [-0.1, -0.05) is 36.7 Å². The van der Waals surface area contributed by atoms with Crippen LogP contribution in [0.25, 0.3) is 5.69 Å². The Balaban J connectivity index is 1.72. The van der Waals surface area contributed by atoms with Crippen LogP contribution in [0.3, 0.4) is 0 Å². The van der Waals surface area contributed by atoms with E-state index in [1.165, 1.54) is 24.6 Å². The first-order chi connectivity index (χ1) is 12.2. The Labute approximate surface area is 151 Å². The van der Waals surface area contributed by atoms with Crippen molar-refractivity contribution in [2.24, 2.45) is 0 Å². The van der Waals surface area contributed by atoms with Crippen molar-refractivity contribution < 1.29 is 9.53 Å². The number of ether oxygens (including phenoxy) is 1. The summed E-state index contributed by atoms with van der Waals surface area (Å²) in [5.41, 5.74) is 0.764. The lowest BCUT2D eigenvalue weighted by Gasteiger charge is -2.16. The van der Waals surface area contributed by atoms with Gasteiger partial charge >= 0.3 is 0 Å². The zero-order valence-electron chi connectivity index (χ0n) is 14.5. The summed E-state index contributed by atoms with van der Waals surface area (Å²) >= 11 is 1.35. The van der Waals surface area contributed by atoms with Crippen molar-refractivity contribution in [1.82, 2.24) is 25.5 Å². The molecule has 1 aromatic heterocycles. The first-order valence-electron chi connectivity index (χ1n) is 8.66. The molecule has 0 radical (unpaired) electrons. The highest BCUT2D eigenvalue weighted by Crippen LogP contribution is 2.28. The third-order valence-corrected chi connectivity index (χ3v) is 5.22. The predicted molar refractivity (Wildman–Crippen MR) is 96.0 cm³/mol. The third kappa shape index (κ3) is 4.31. The molecule has 0 aliphatic heterocycles. The van der Waals surface area contributed by atoms with Gasteiger partial charge in [0, 0.05) is 6.04 Å². The fourth-order valence-electron chi connectivity index (χ4n) is 2.91. The molecule has 1 fully saturated rings. The van der Waals surface area contributed by atoms with E-state index in [9.17, 15) is 4.79 Å². The summed E-state index contributed by atoms with van der Waals surface area (Å²) in [5, 5.41) is 15.3. The largest absolute Gasteiger partial charge is 0.492 e. The highest BCUT2D eigenvalue weighted by atomic mass is 32.2. The van der Waals surface area contributed by atoms with Gasteiger partial charge in [-0.25, -0.2) is 0 Å². The summed E-state index contributed by atoms with van der Waals surface area (Å²) < 4.78 is 7.27. The van der Waals surface area contributed by atoms with Crippen LogP contribution in [0.1, 0.15) is 39.5 Å². The standard InChI is InChI=1S/C17H23N5O2S/c1-3-24-15-11-7-6-10-14(15)22-17(19-20-21-22)25-12(2)16(23)18-13-8-4-5-9-13/h6-7,10-13H,3-5,8-9H2,1-2H3,(H,18,23)/t12-/m0/s1. The van der Waals surface area contributed by atoms with E-state index in [4.69, 9.17) is 4.74 Å². The van der Waals surface area contributed by atoms with Gasteiger partial charge in [0.25, 0.3) is 0 Å². The fraction of sp³-hybridized carbons (Fsp3) is 0.529. The number of thioether (sulfide) groups is 1. The third-order valence-electron chi connectivity index (χ3n) is 4.19. The Kier molecular flexibility index (Phi) is 5.91. The zero-order chi connectivity index (χ0) is 17.6. The summed E-state index contributed by atoms with van der Waals surface area (Å²) in [6, 6.07) is 7.90. The second kappa shape index (κ2) is 8.33. The normalized spacial score (nSPS) is 15.9. The van der Waals surface area contributed by atoms with Crippen molar-refractivity contribution in [1.29, 1.82) is 0 Å². The molecule has 2 aromatic rings. The molecule has 7 nitrogen and oxygen atoms in total. The van der Waals surface area contributed by atoms with Crippen LogP contribution in [-0.4, -0.2) is 44.0 Å². The number of rotatable bonds is 7. The number of nitrogens with zero attached hydrogens (tertiary/aromatic N) is 4. The first-order valence-corrected chi connectivity index (χ1v) is 9.54. The smallest absolute Gasteiger partial charge is 0.233 e. The summed E-state index contributed by atoms with van der Waals surface area (Å²) in [4.78, 5) is 12.4. The van der Waals surface area contributed by atoms with Gasteiger partial charge in [0.05, 0.1) is 11.9 Å². The molecule has 8 heteroatoms. The number of amides is 1. The van der Waals surface area contributed by atoms with E-state index in [0.29, 0.717) is 23.6 Å². The number of para-hydroxylation sites is 2. The maximum absolute atomic E-state index is 12.4. The second-order valence-electron chi connectivity index (χ2n) is 6.02. The van der Waals surface area contributed by atoms with Crippen LogP contribution < -0.4 is 10.1 Å². The van der Waals surface area contributed by atoms with Crippen LogP contribution in [0.15, 0.2) is 29.4 Å². The van der Waals surface area contributed by atoms with Crippen molar-refractivity contribution >= 4 is 17.7 Å². The fourth-order valence-corrected chi connectivity index (χ4v) is 3.72. The van der Waals surface area contributed by atoms with Gasteiger partial charge in [-0.05, 0) is 49.2 Å². The zero-order valence-corrected chi connectivity index (χ0v) is 15.3. The predicted octanol–water partition coefficient (Wildman–Crippen LogP) is 2.60. The molecule has 1 aliphatic carbocycles. The van der Waals surface area contributed by atoms with E-state index >= 15 is 0 Å². The maximum atomic E-state index is 12.4. The number of nitrogens with one attached hydrogen (secondary N) is 1. The van der Waals surface area contributed by atoms with Crippen molar-refractivity contribution in [2.45, 2.75) is 56.0 Å². The monoisotopic (exact) mass is 361 g/mol. The lowest BCUT2D eigenvalue weighted by Crippen LogP contribution is -2.37. The number of carbonyl (C=O) groups excluding carboxylic acids is 1. The van der Waals surface area contributed by atoms with E-state index in [2.05, 4.69) is 20.8 Å². The number of hydrogen-bond acceptors (Lipinski definition) is 6. The van der Waals surface area contributed by atoms with Crippen LogP contribution in [-0.2, 0) is 4.79 Å². The number of hydrogen-bond donors (Lipinski definition) is 1. The van der Waals surface area contributed by atoms with Crippen molar-refractivity contribution in [3.05, 3.63) is 24.3 Å². The molecule has 1 heterocycles. The van der Waals surface area contributed by atoms with Crippen LogP contribution >= 0.6 is 11.8 Å². The molecule has 1 atom stereocenters. The van der Waals surface area contributed by atoms with Gasteiger partial charge in [-0.15, -0.1) is 5.10 Å². The molecule has 0 unspecified atom stereocenters. The van der Waals surface area contributed by atoms with Crippen LogP contribution in [0.4, 0.5) is 0 Å². The number of tetrazole rings is 1. The lowest BCUT2D eigenvalue weighted by atomic mass is 10.2. The summed E-state index contributed by atoms with van der Waals surface area (Å²) in [6.07, 6.45) is 4.53. The first kappa shape index (κ1) is 17.7. The quantitative estimate of drug-likeness (QED) is 0.764. The average molecular weight is 361 g/mol. The Bertz CT molecular complexity index is 715. The minimum atomic E-state index is -0.274. The van der Waals surface area contributed by atoms with Gasteiger partial charge in [0.1, 0.15) is 11.4 Å². The van der Waals surface area contributed by atoms with E-state index in [1.54, 1.807) is 4.68 Å². The van der Waals surface area contributed by atoms with Crippen LogP contribution in [0, 0.1) is 0 Å². The minimum Gasteiger partial charge on any atom is -0.492 e. The molecule has 0 spiro atoms. The Hall–Kier alpha value is -2.09. The summed E-state index contributed by atoms with van der Waals surface area (Å²) in [7, 11) is 0. The molecule has 0 bridgehead atoms. The molecule has 1 aromatic carbocycles. The van der Waals surface area contributed by atoms with Gasteiger partial charge in [-0.3, -0.25) is 4.79 Å². The highest BCUT2D eigenvalue weighted by molar-refractivity contribution is 8.00. The molecule has 0 saturated heterocycles. The SMILES string of the molecule is CCOc1ccccc1-n1nnnc1S[C@@H](C)C(=O)NC1CCCC1. The Morgan fingerprint density at radius 1 is 1.40 bits per heavy atom. The second-order valence-corrected chi connectivity index (χ2v) is 7.33. The van der Waals surface area contributed by atoms with E-state index < -0.39 is 0 Å². The van der Waals surface area contributed by atoms with Gasteiger partial charge in [-0.2, -0.15) is 4.68 Å². The van der Waals surface area contributed by atoms with Gasteiger partial charge in [0.15, 0.2) is 0 Å². The minimum absolute atomic E-state index is 0.0320. The van der Waals surface area contributed by atoms with Crippen molar-refractivity contribution in [3.63, 3.8) is 0 Å². The van der Waals surface area contributed by atoms with E-state index in [-0.39, 0.29) is 11.2 Å². The molecule has 1 amide bonds. The Morgan fingerprint density at radius 3 is 2.92 bits per heavy atom. The van der Waals surface area contributed by atoms with E-state index in [1.807, 2.05) is 38.1 Å². The molecule has 25 heavy (non-hydrogen) atoms. The maximum Gasteiger partial charge on any atom is 0.233 e. The van der Waals surface area contributed by atoms with Crippen molar-refractivity contribution in [2.75, 3.05) is 6.61 Å². The Morgan fingerprint density at radius 2 is 2.16 bits per heavy atom. The van der Waals surface area contributed by atoms with Gasteiger partial charge < -0.3 is 10.1 Å². The van der Waals surface area contributed by atoms with Gasteiger partial charge in [0.2, 0.25) is 11.1 Å². The molecule has 1 saturated carbocycles. The molecular formula is C17H23N5O2S. The molecule has 1 aliphatic rings. The lowest BCUT2D eigenvalue weighted by molar-refractivity contribution is -0.120. The number of benzene rings is 1. The number of carbonyl (C=O) groups is 1. The average Bonchev–Trinajstić information content (AvgIpc) is 3.27. The summed E-state index contributed by atoms with van der Waals surface area (Å²) in [5.74, 6) is 0.742. The molecule has 1 N–H and O–H groups in total. The molecular weight excluding hydrogens is 338 g/mol. The summed E-state index contributed by atoms with van der Waals surface area (Å²) in [6.45, 7) is 4.37. The highest BCUT2D eigenvalue weighted by Gasteiger charge is 2.24. The molecule has 134 valence electrons.